The van der Waals surface area contributed by atoms with Gasteiger partial charge in [-0.1, -0.05) is 13.8 Å². The van der Waals surface area contributed by atoms with Crippen molar-refractivity contribution in [1.29, 1.82) is 0 Å². The molecule has 0 saturated heterocycles. The van der Waals surface area contributed by atoms with E-state index in [1.54, 1.807) is 0 Å². The van der Waals surface area contributed by atoms with E-state index in [2.05, 4.69) is 35.9 Å². The number of hydrogen-bond acceptors (Lipinski definition) is 8. The third-order valence-electron chi connectivity index (χ3n) is 5.08. The Morgan fingerprint density at radius 1 is 0.886 bits per heavy atom. The van der Waals surface area contributed by atoms with Crippen LogP contribution in [0, 0.1) is 5.92 Å². The fourth-order valence-electron chi connectivity index (χ4n) is 3.26. The fourth-order valence-corrected chi connectivity index (χ4v) is 3.26. The molecule has 2 rings (SSSR count). The van der Waals surface area contributed by atoms with Crippen molar-refractivity contribution in [1.82, 2.24) is 35.9 Å². The monoisotopic (exact) mass is 492 g/mol. The normalized spacial score (nSPS) is 14.5. The summed E-state index contributed by atoms with van der Waals surface area (Å²) in [6.45, 7) is 2.84. The van der Waals surface area contributed by atoms with Crippen LogP contribution < -0.4 is 21.7 Å². The zero-order valence-corrected chi connectivity index (χ0v) is 19.5. The molecule has 3 amide bonds. The van der Waals surface area contributed by atoms with Crippen molar-refractivity contribution in [3.63, 3.8) is 0 Å². The fraction of sp³-hybridized carbons (Fsp3) is 0.524. The van der Waals surface area contributed by atoms with Crippen molar-refractivity contribution in [3.05, 3.63) is 36.4 Å². The molecule has 0 fully saturated rings. The molecular formula is C21H32N8O6. The Morgan fingerprint density at radius 2 is 1.40 bits per heavy atom. The van der Waals surface area contributed by atoms with E-state index in [4.69, 9.17) is 10.8 Å². The molecule has 0 saturated carbocycles. The molecular weight excluding hydrogens is 460 g/mol. The van der Waals surface area contributed by atoms with Crippen molar-refractivity contribution in [2.75, 3.05) is 6.61 Å². The maximum absolute atomic E-state index is 13.2. The van der Waals surface area contributed by atoms with Crippen LogP contribution >= 0.6 is 0 Å². The number of nitrogens with two attached hydrogens (primary N) is 1. The lowest BCUT2D eigenvalue weighted by Gasteiger charge is -2.25. The number of carboxylic acids is 1. The molecule has 0 bridgehead atoms. The molecule has 9 N–H and O–H groups in total. The number of imidazole rings is 2. The number of nitrogens with one attached hydrogen (secondary N) is 5. The third kappa shape index (κ3) is 8.83. The number of aliphatic hydroxyl groups excluding tert-OH is 1. The Labute approximate surface area is 201 Å². The van der Waals surface area contributed by atoms with Crippen LogP contribution in [0.25, 0.3) is 0 Å². The summed E-state index contributed by atoms with van der Waals surface area (Å²) in [4.78, 5) is 63.3. The molecule has 0 aliphatic rings. The van der Waals surface area contributed by atoms with E-state index in [9.17, 15) is 24.3 Å². The molecule has 4 atom stereocenters. The molecule has 2 aromatic rings. The average molecular weight is 493 g/mol. The highest BCUT2D eigenvalue weighted by atomic mass is 16.4. The number of carboxylic acid groups (broad SMARTS) is 1. The lowest BCUT2D eigenvalue weighted by Crippen LogP contribution is -2.58. The van der Waals surface area contributed by atoms with Gasteiger partial charge in [0.15, 0.2) is 0 Å². The Morgan fingerprint density at radius 3 is 1.89 bits per heavy atom. The predicted molar refractivity (Wildman–Crippen MR) is 123 cm³/mol. The second-order valence-corrected chi connectivity index (χ2v) is 8.50. The summed E-state index contributed by atoms with van der Waals surface area (Å²) in [5.41, 5.74) is 7.19. The number of nitrogens with zero attached hydrogens (tertiary/aromatic N) is 2. The van der Waals surface area contributed by atoms with Crippen molar-refractivity contribution in [3.8, 4) is 0 Å². The molecule has 0 aromatic carbocycles. The van der Waals surface area contributed by atoms with Gasteiger partial charge in [-0.2, -0.15) is 0 Å². The Bertz CT molecular complexity index is 963. The molecule has 0 aliphatic heterocycles. The minimum atomic E-state index is -1.52. The topological polar surface area (TPSA) is 228 Å². The molecule has 4 unspecified atom stereocenters. The molecule has 14 nitrogen and oxygen atoms in total. The standard InChI is InChI=1S/C21H32N8O6/c1-11(2)3-15(19(32)29-17(8-30)21(34)35)28-20(33)16(5-13-7-24-10-26-13)27-18(31)14(22)4-12-6-23-9-25-12/h6-7,9-11,14-17,30H,3-5,8,22H2,1-2H3,(H,23,25)(H,24,26)(H,27,31)(H,28,33)(H,29,32)(H,34,35). The van der Waals surface area contributed by atoms with Gasteiger partial charge < -0.3 is 41.9 Å². The first kappa shape index (κ1) is 27.5. The molecule has 2 aromatic heterocycles. The maximum Gasteiger partial charge on any atom is 0.328 e. The Kier molecular flexibility index (Phi) is 10.4. The number of aliphatic carboxylic acids is 1. The van der Waals surface area contributed by atoms with E-state index >= 15 is 0 Å². The van der Waals surface area contributed by atoms with Gasteiger partial charge in [0.05, 0.1) is 25.3 Å². The number of aromatic amines is 2. The van der Waals surface area contributed by atoms with Gasteiger partial charge in [0.2, 0.25) is 17.7 Å². The number of carbonyl (C=O) groups is 4. The van der Waals surface area contributed by atoms with Crippen LogP contribution in [0.1, 0.15) is 31.7 Å². The first-order valence-corrected chi connectivity index (χ1v) is 11.1. The highest BCUT2D eigenvalue weighted by Crippen LogP contribution is 2.08. The first-order chi connectivity index (χ1) is 16.6. The van der Waals surface area contributed by atoms with Gasteiger partial charge in [-0.05, 0) is 12.3 Å². The van der Waals surface area contributed by atoms with E-state index in [-0.39, 0.29) is 25.2 Å². The highest BCUT2D eigenvalue weighted by molar-refractivity contribution is 5.94. The molecule has 0 spiro atoms. The second-order valence-electron chi connectivity index (χ2n) is 8.50. The Balaban J connectivity index is 2.15. The number of hydrogen-bond donors (Lipinski definition) is 8. The maximum atomic E-state index is 13.2. The van der Waals surface area contributed by atoms with Crippen LogP contribution in [0.15, 0.2) is 25.0 Å². The van der Waals surface area contributed by atoms with Gasteiger partial charge in [0.25, 0.3) is 0 Å². The summed E-state index contributed by atoms with van der Waals surface area (Å²) in [7, 11) is 0. The van der Waals surface area contributed by atoms with Gasteiger partial charge in [-0.3, -0.25) is 14.4 Å². The van der Waals surface area contributed by atoms with Crippen LogP contribution in [0.5, 0.6) is 0 Å². The molecule has 0 radical (unpaired) electrons. The van der Waals surface area contributed by atoms with Crippen molar-refractivity contribution in [2.45, 2.75) is 57.3 Å². The van der Waals surface area contributed by atoms with Crippen molar-refractivity contribution >= 4 is 23.7 Å². The highest BCUT2D eigenvalue weighted by Gasteiger charge is 2.31. The predicted octanol–water partition coefficient (Wildman–Crippen LogP) is -2.18. The van der Waals surface area contributed by atoms with Gasteiger partial charge >= 0.3 is 5.97 Å². The van der Waals surface area contributed by atoms with Gasteiger partial charge in [0.1, 0.15) is 18.1 Å². The molecule has 192 valence electrons. The van der Waals surface area contributed by atoms with Gasteiger partial charge in [0, 0.05) is 36.6 Å². The minimum absolute atomic E-state index is 0.0352. The number of aromatic nitrogens is 4. The van der Waals surface area contributed by atoms with E-state index in [1.807, 2.05) is 13.8 Å². The minimum Gasteiger partial charge on any atom is -0.480 e. The first-order valence-electron chi connectivity index (χ1n) is 11.1. The molecule has 35 heavy (non-hydrogen) atoms. The number of aliphatic hydroxyl groups is 1. The van der Waals surface area contributed by atoms with Crippen LogP contribution in [0.2, 0.25) is 0 Å². The van der Waals surface area contributed by atoms with E-state index in [0.29, 0.717) is 11.4 Å². The zero-order chi connectivity index (χ0) is 26.0. The van der Waals surface area contributed by atoms with Crippen molar-refractivity contribution < 1.29 is 29.4 Å². The van der Waals surface area contributed by atoms with E-state index < -0.39 is 54.5 Å². The number of H-pyrrole nitrogens is 2. The smallest absolute Gasteiger partial charge is 0.328 e. The van der Waals surface area contributed by atoms with E-state index in [0.717, 1.165) is 0 Å². The average Bonchev–Trinajstić information content (AvgIpc) is 3.50. The molecule has 0 aliphatic carbocycles. The number of amides is 3. The van der Waals surface area contributed by atoms with Crippen molar-refractivity contribution in [2.24, 2.45) is 11.7 Å². The third-order valence-corrected chi connectivity index (χ3v) is 5.08. The van der Waals surface area contributed by atoms with Gasteiger partial charge in [-0.25, -0.2) is 14.8 Å². The summed E-state index contributed by atoms with van der Waals surface area (Å²) < 4.78 is 0. The summed E-state index contributed by atoms with van der Waals surface area (Å²) in [6, 6.07) is -4.69. The number of rotatable bonds is 14. The zero-order valence-electron chi connectivity index (χ0n) is 19.5. The van der Waals surface area contributed by atoms with Crippen LogP contribution in [-0.4, -0.2) is 84.6 Å². The quantitative estimate of drug-likeness (QED) is 0.143. The van der Waals surface area contributed by atoms with Crippen LogP contribution in [0.3, 0.4) is 0 Å². The summed E-state index contributed by atoms with van der Waals surface area (Å²) >= 11 is 0. The lowest BCUT2D eigenvalue weighted by atomic mass is 10.0. The Hall–Kier alpha value is -3.78. The van der Waals surface area contributed by atoms with Gasteiger partial charge in [-0.15, -0.1) is 0 Å². The summed E-state index contributed by atoms with van der Waals surface area (Å²) in [6.07, 6.45) is 6.31. The molecule has 14 heteroatoms. The van der Waals surface area contributed by atoms with E-state index in [1.165, 1.54) is 25.0 Å². The van der Waals surface area contributed by atoms with Crippen LogP contribution in [-0.2, 0) is 32.0 Å². The molecule has 2 heterocycles. The second kappa shape index (κ2) is 13.2. The lowest BCUT2D eigenvalue weighted by molar-refractivity contribution is -0.143. The number of carbonyl (C=O) groups excluding carboxylic acids is 3. The largest absolute Gasteiger partial charge is 0.480 e. The van der Waals surface area contributed by atoms with Crippen LogP contribution in [0.4, 0.5) is 0 Å². The summed E-state index contributed by atoms with van der Waals surface area (Å²) in [5, 5.41) is 25.7. The SMILES string of the molecule is CC(C)CC(NC(=O)C(Cc1cnc[nH]1)NC(=O)C(N)Cc1cnc[nH]1)C(=O)NC(CO)C(=O)O. The summed E-state index contributed by atoms with van der Waals surface area (Å²) in [5.74, 6) is -3.47.